The third-order valence-electron chi connectivity index (χ3n) is 4.44. The van der Waals surface area contributed by atoms with Crippen LogP contribution in [0.4, 0.5) is 5.69 Å². The third-order valence-corrected chi connectivity index (χ3v) is 4.44. The highest BCUT2D eigenvalue weighted by atomic mass is 16.1. The average Bonchev–Trinajstić information content (AvgIpc) is 2.90. The van der Waals surface area contributed by atoms with Crippen LogP contribution in [-0.4, -0.2) is 21.7 Å². The van der Waals surface area contributed by atoms with Crippen molar-refractivity contribution in [2.75, 3.05) is 5.32 Å². The van der Waals surface area contributed by atoms with Gasteiger partial charge in [-0.3, -0.25) is 9.48 Å². The van der Waals surface area contributed by atoms with Crippen LogP contribution in [0.15, 0.2) is 24.4 Å². The van der Waals surface area contributed by atoms with Crippen LogP contribution in [0.1, 0.15) is 45.6 Å². The van der Waals surface area contributed by atoms with Crippen LogP contribution in [0, 0.1) is 5.92 Å². The van der Waals surface area contributed by atoms with Gasteiger partial charge in [-0.05, 0) is 51.3 Å². The number of amides is 1. The van der Waals surface area contributed by atoms with Gasteiger partial charge >= 0.3 is 0 Å². The zero-order valence-electron chi connectivity index (χ0n) is 13.2. The Hall–Kier alpha value is -1.88. The fourth-order valence-corrected chi connectivity index (χ4v) is 3.24. The maximum absolute atomic E-state index is 12.4. The van der Waals surface area contributed by atoms with E-state index >= 15 is 0 Å². The van der Waals surface area contributed by atoms with Gasteiger partial charge in [0.1, 0.15) is 0 Å². The number of benzene rings is 1. The van der Waals surface area contributed by atoms with Crippen molar-refractivity contribution < 1.29 is 4.79 Å². The van der Waals surface area contributed by atoms with Crippen LogP contribution < -0.4 is 11.1 Å². The van der Waals surface area contributed by atoms with E-state index in [9.17, 15) is 4.79 Å². The predicted molar refractivity (Wildman–Crippen MR) is 88.7 cm³/mol. The molecule has 3 N–H and O–H groups in total. The number of anilines is 1. The molecule has 1 amide bonds. The van der Waals surface area contributed by atoms with Crippen molar-refractivity contribution in [3.8, 4) is 0 Å². The Morgan fingerprint density at radius 1 is 1.41 bits per heavy atom. The van der Waals surface area contributed by atoms with Crippen molar-refractivity contribution in [1.82, 2.24) is 9.78 Å². The van der Waals surface area contributed by atoms with E-state index in [1.54, 1.807) is 0 Å². The number of fused-ring (bicyclic) bond motifs is 1. The van der Waals surface area contributed by atoms with Crippen LogP contribution in [0.25, 0.3) is 10.9 Å². The van der Waals surface area contributed by atoms with Crippen LogP contribution >= 0.6 is 0 Å². The lowest BCUT2D eigenvalue weighted by molar-refractivity contribution is -0.120. The smallest absolute Gasteiger partial charge is 0.227 e. The van der Waals surface area contributed by atoms with E-state index < -0.39 is 0 Å². The lowest BCUT2D eigenvalue weighted by atomic mass is 9.85. The number of nitrogens with zero attached hydrogens (tertiary/aromatic N) is 2. The van der Waals surface area contributed by atoms with E-state index in [1.165, 1.54) is 0 Å². The number of carbonyl (C=O) groups excluding carboxylic acids is 1. The number of nitrogens with one attached hydrogen (secondary N) is 1. The van der Waals surface area contributed by atoms with Crippen molar-refractivity contribution in [3.05, 3.63) is 24.4 Å². The Morgan fingerprint density at radius 2 is 2.23 bits per heavy atom. The third kappa shape index (κ3) is 2.99. The fourth-order valence-electron chi connectivity index (χ4n) is 3.24. The highest BCUT2D eigenvalue weighted by molar-refractivity contribution is 5.95. The Bertz CT molecular complexity index is 676. The molecule has 0 aliphatic heterocycles. The normalized spacial score (nSPS) is 22.2. The summed E-state index contributed by atoms with van der Waals surface area (Å²) in [5, 5.41) is 8.54. The van der Waals surface area contributed by atoms with Gasteiger partial charge in [0.2, 0.25) is 5.91 Å². The largest absolute Gasteiger partial charge is 0.328 e. The minimum atomic E-state index is 0.0365. The summed E-state index contributed by atoms with van der Waals surface area (Å²) in [4.78, 5) is 12.4. The monoisotopic (exact) mass is 300 g/mol. The van der Waals surface area contributed by atoms with Gasteiger partial charge in [0, 0.05) is 29.1 Å². The highest BCUT2D eigenvalue weighted by Crippen LogP contribution is 2.26. The summed E-state index contributed by atoms with van der Waals surface area (Å²) in [5.41, 5.74) is 7.86. The molecule has 1 aliphatic rings. The maximum atomic E-state index is 12.4. The van der Waals surface area contributed by atoms with E-state index in [0.717, 1.165) is 42.3 Å². The minimum absolute atomic E-state index is 0.0365. The molecule has 22 heavy (non-hydrogen) atoms. The summed E-state index contributed by atoms with van der Waals surface area (Å²) >= 11 is 0. The first-order chi connectivity index (χ1) is 10.5. The van der Waals surface area contributed by atoms with Crippen LogP contribution in [-0.2, 0) is 4.79 Å². The van der Waals surface area contributed by atoms with Gasteiger partial charge < -0.3 is 11.1 Å². The topological polar surface area (TPSA) is 72.9 Å². The van der Waals surface area contributed by atoms with E-state index in [4.69, 9.17) is 5.73 Å². The van der Waals surface area contributed by atoms with Gasteiger partial charge in [0.05, 0.1) is 11.7 Å². The van der Waals surface area contributed by atoms with Gasteiger partial charge in [-0.2, -0.15) is 5.10 Å². The lowest BCUT2D eigenvalue weighted by Crippen LogP contribution is -2.34. The second kappa shape index (κ2) is 6.08. The fraction of sp³-hybridized carbons (Fsp3) is 0.529. The van der Waals surface area contributed by atoms with Gasteiger partial charge in [0.25, 0.3) is 0 Å². The molecule has 2 unspecified atom stereocenters. The molecule has 2 atom stereocenters. The summed E-state index contributed by atoms with van der Waals surface area (Å²) in [6, 6.07) is 6.40. The Morgan fingerprint density at radius 3 is 2.95 bits per heavy atom. The maximum Gasteiger partial charge on any atom is 0.227 e. The molecule has 1 aromatic carbocycles. The molecule has 1 saturated carbocycles. The summed E-state index contributed by atoms with van der Waals surface area (Å²) in [6.45, 7) is 4.20. The molecule has 0 radical (unpaired) electrons. The van der Waals surface area contributed by atoms with Gasteiger partial charge in [-0.15, -0.1) is 0 Å². The first-order valence-corrected chi connectivity index (χ1v) is 8.08. The van der Waals surface area contributed by atoms with E-state index in [-0.39, 0.29) is 17.9 Å². The molecule has 118 valence electrons. The van der Waals surface area contributed by atoms with Gasteiger partial charge in [0.15, 0.2) is 0 Å². The van der Waals surface area contributed by atoms with Crippen molar-refractivity contribution in [1.29, 1.82) is 0 Å². The SMILES string of the molecule is CC(C)n1ncc2ccc(NC(=O)C3CCCC(N)C3)cc21. The second-order valence-electron chi connectivity index (χ2n) is 6.57. The molecule has 1 fully saturated rings. The summed E-state index contributed by atoms with van der Waals surface area (Å²) in [5.74, 6) is 0.125. The lowest BCUT2D eigenvalue weighted by Gasteiger charge is -2.25. The molecule has 2 aromatic rings. The zero-order chi connectivity index (χ0) is 15.7. The Balaban J connectivity index is 1.78. The number of nitrogens with two attached hydrogens (primary N) is 1. The van der Waals surface area contributed by atoms with Gasteiger partial charge in [-0.1, -0.05) is 6.42 Å². The molecule has 3 rings (SSSR count). The van der Waals surface area contributed by atoms with Crippen LogP contribution in [0.2, 0.25) is 0 Å². The zero-order valence-corrected chi connectivity index (χ0v) is 13.2. The molecule has 5 heteroatoms. The molecule has 1 aliphatic carbocycles. The summed E-state index contributed by atoms with van der Waals surface area (Å²) in [7, 11) is 0. The molecule has 0 bridgehead atoms. The quantitative estimate of drug-likeness (QED) is 0.915. The predicted octanol–water partition coefficient (Wildman–Crippen LogP) is 3.07. The van der Waals surface area contributed by atoms with E-state index in [1.807, 2.05) is 29.1 Å². The molecule has 5 nitrogen and oxygen atoms in total. The Kier molecular flexibility index (Phi) is 4.16. The van der Waals surface area contributed by atoms with Crippen LogP contribution in [0.3, 0.4) is 0 Å². The minimum Gasteiger partial charge on any atom is -0.328 e. The first-order valence-electron chi connectivity index (χ1n) is 8.08. The van der Waals surface area contributed by atoms with Crippen molar-refractivity contribution in [3.63, 3.8) is 0 Å². The molecular formula is C17H24N4O. The van der Waals surface area contributed by atoms with E-state index in [2.05, 4.69) is 24.3 Å². The van der Waals surface area contributed by atoms with Crippen molar-refractivity contribution in [2.24, 2.45) is 11.7 Å². The number of hydrogen-bond donors (Lipinski definition) is 2. The standard InChI is InChI=1S/C17H24N4O/c1-11(2)21-16-9-15(7-6-13(16)10-19-21)20-17(22)12-4-3-5-14(18)8-12/h6-7,9-12,14H,3-5,8,18H2,1-2H3,(H,20,22). The number of aromatic nitrogens is 2. The molecule has 0 saturated heterocycles. The molecule has 1 heterocycles. The highest BCUT2D eigenvalue weighted by Gasteiger charge is 2.25. The van der Waals surface area contributed by atoms with Crippen LogP contribution in [0.5, 0.6) is 0 Å². The van der Waals surface area contributed by atoms with Crippen molar-refractivity contribution in [2.45, 2.75) is 51.6 Å². The Labute approximate surface area is 130 Å². The second-order valence-corrected chi connectivity index (χ2v) is 6.57. The van der Waals surface area contributed by atoms with Gasteiger partial charge in [-0.25, -0.2) is 0 Å². The van der Waals surface area contributed by atoms with Crippen molar-refractivity contribution >= 4 is 22.5 Å². The summed E-state index contributed by atoms with van der Waals surface area (Å²) < 4.78 is 1.97. The van der Waals surface area contributed by atoms with E-state index in [0.29, 0.717) is 6.04 Å². The number of hydrogen-bond acceptors (Lipinski definition) is 3. The average molecular weight is 300 g/mol. The first kappa shape index (κ1) is 15.0. The number of carbonyl (C=O) groups is 1. The molecular weight excluding hydrogens is 276 g/mol. The summed E-state index contributed by atoms with van der Waals surface area (Å²) in [6.07, 6.45) is 5.66. The number of rotatable bonds is 3. The molecule has 0 spiro atoms. The molecule has 1 aromatic heterocycles.